The number of hydrogen-bond donors (Lipinski definition) is 1. The van der Waals surface area contributed by atoms with Crippen LogP contribution in [0.25, 0.3) is 0 Å². The van der Waals surface area contributed by atoms with E-state index in [4.69, 9.17) is 5.73 Å². The van der Waals surface area contributed by atoms with Crippen molar-refractivity contribution in [1.82, 2.24) is 0 Å². The first-order valence-electron chi connectivity index (χ1n) is 4.53. The lowest BCUT2D eigenvalue weighted by Gasteiger charge is -2.12. The molecule has 0 spiro atoms. The molecule has 1 rings (SSSR count). The predicted octanol–water partition coefficient (Wildman–Crippen LogP) is 2.35. The van der Waals surface area contributed by atoms with Crippen molar-refractivity contribution in [1.29, 1.82) is 0 Å². The second kappa shape index (κ2) is 4.65. The third-order valence-electron chi connectivity index (χ3n) is 2.24. The zero-order chi connectivity index (χ0) is 9.68. The van der Waals surface area contributed by atoms with Gasteiger partial charge < -0.3 is 10.5 Å². The van der Waals surface area contributed by atoms with Crippen LogP contribution in [0.2, 0.25) is 0 Å². The van der Waals surface area contributed by atoms with Crippen LogP contribution in [0.3, 0.4) is 0 Å². The molecule has 0 saturated heterocycles. The first kappa shape index (κ1) is 9.78. The highest BCUT2D eigenvalue weighted by Gasteiger charge is 2.07. The van der Waals surface area contributed by atoms with Gasteiger partial charge in [-0.1, -0.05) is 25.1 Å². The van der Waals surface area contributed by atoms with Crippen molar-refractivity contribution in [3.05, 3.63) is 29.8 Å². The van der Waals surface area contributed by atoms with Gasteiger partial charge in [0.05, 0.1) is 0 Å². The highest BCUT2D eigenvalue weighted by Crippen LogP contribution is 2.24. The SMILES string of the molecule is CC(CCC=O)c1ccccc1N. The van der Waals surface area contributed by atoms with E-state index in [2.05, 4.69) is 6.92 Å². The number of carbonyl (C=O) groups excluding carboxylic acids is 1. The fraction of sp³-hybridized carbons (Fsp3) is 0.364. The van der Waals surface area contributed by atoms with Crippen molar-refractivity contribution in [2.45, 2.75) is 25.7 Å². The van der Waals surface area contributed by atoms with Gasteiger partial charge in [-0.15, -0.1) is 0 Å². The molecule has 2 heteroatoms. The Balaban J connectivity index is 2.70. The Morgan fingerprint density at radius 1 is 1.46 bits per heavy atom. The van der Waals surface area contributed by atoms with Crippen molar-refractivity contribution in [2.75, 3.05) is 5.73 Å². The number of hydrogen-bond acceptors (Lipinski definition) is 2. The van der Waals surface area contributed by atoms with Gasteiger partial charge in [0, 0.05) is 12.1 Å². The molecule has 1 aromatic rings. The Labute approximate surface area is 78.8 Å². The standard InChI is InChI=1S/C11H15NO/c1-9(5-4-8-13)10-6-2-3-7-11(10)12/h2-3,6-9H,4-5,12H2,1H3. The van der Waals surface area contributed by atoms with Crippen molar-refractivity contribution < 1.29 is 4.79 Å². The first-order chi connectivity index (χ1) is 6.25. The largest absolute Gasteiger partial charge is 0.398 e. The molecular formula is C11H15NO. The topological polar surface area (TPSA) is 43.1 Å². The van der Waals surface area contributed by atoms with Crippen molar-refractivity contribution in [3.63, 3.8) is 0 Å². The van der Waals surface area contributed by atoms with Gasteiger partial charge in [-0.25, -0.2) is 0 Å². The van der Waals surface area contributed by atoms with Crippen LogP contribution < -0.4 is 5.73 Å². The average molecular weight is 177 g/mol. The van der Waals surface area contributed by atoms with Gasteiger partial charge in [-0.2, -0.15) is 0 Å². The molecule has 0 aliphatic heterocycles. The van der Waals surface area contributed by atoms with Gasteiger partial charge in [-0.3, -0.25) is 0 Å². The molecule has 1 unspecified atom stereocenters. The third-order valence-corrected chi connectivity index (χ3v) is 2.24. The summed E-state index contributed by atoms with van der Waals surface area (Å²) >= 11 is 0. The molecule has 0 aromatic heterocycles. The van der Waals surface area contributed by atoms with Gasteiger partial charge in [0.2, 0.25) is 0 Å². The van der Waals surface area contributed by atoms with Gasteiger partial charge >= 0.3 is 0 Å². The summed E-state index contributed by atoms with van der Waals surface area (Å²) in [5.41, 5.74) is 7.77. The highest BCUT2D eigenvalue weighted by atomic mass is 16.1. The second-order valence-electron chi connectivity index (χ2n) is 3.27. The Morgan fingerprint density at radius 3 is 2.77 bits per heavy atom. The van der Waals surface area contributed by atoms with Crippen LogP contribution in [0.15, 0.2) is 24.3 Å². The lowest BCUT2D eigenvalue weighted by atomic mass is 9.95. The molecule has 2 N–H and O–H groups in total. The maximum absolute atomic E-state index is 10.2. The van der Waals surface area contributed by atoms with E-state index in [9.17, 15) is 4.79 Å². The molecule has 70 valence electrons. The number of rotatable bonds is 4. The molecule has 0 heterocycles. The second-order valence-corrected chi connectivity index (χ2v) is 3.27. The molecule has 1 aromatic carbocycles. The van der Waals surface area contributed by atoms with E-state index in [1.807, 2.05) is 24.3 Å². The van der Waals surface area contributed by atoms with Crippen LogP contribution in [-0.4, -0.2) is 6.29 Å². The van der Waals surface area contributed by atoms with Gasteiger partial charge in [0.1, 0.15) is 6.29 Å². The van der Waals surface area contributed by atoms with Crippen LogP contribution in [0.1, 0.15) is 31.2 Å². The monoisotopic (exact) mass is 177 g/mol. The van der Waals surface area contributed by atoms with E-state index in [0.29, 0.717) is 12.3 Å². The summed E-state index contributed by atoms with van der Waals surface area (Å²) in [7, 11) is 0. The van der Waals surface area contributed by atoms with Crippen LogP contribution in [0, 0.1) is 0 Å². The fourth-order valence-electron chi connectivity index (χ4n) is 1.43. The zero-order valence-electron chi connectivity index (χ0n) is 7.86. The molecule has 13 heavy (non-hydrogen) atoms. The van der Waals surface area contributed by atoms with Gasteiger partial charge in [-0.05, 0) is 24.0 Å². The molecule has 0 fully saturated rings. The molecular weight excluding hydrogens is 162 g/mol. The Morgan fingerprint density at radius 2 is 2.15 bits per heavy atom. The maximum atomic E-state index is 10.2. The Kier molecular flexibility index (Phi) is 3.50. The van der Waals surface area contributed by atoms with E-state index in [1.54, 1.807) is 0 Å². The predicted molar refractivity (Wildman–Crippen MR) is 54.6 cm³/mol. The molecule has 0 amide bonds. The normalized spacial score (nSPS) is 12.4. The van der Waals surface area contributed by atoms with Crippen LogP contribution in [0.4, 0.5) is 5.69 Å². The Bertz CT molecular complexity index is 283. The molecule has 0 radical (unpaired) electrons. The van der Waals surface area contributed by atoms with E-state index >= 15 is 0 Å². The van der Waals surface area contributed by atoms with E-state index in [-0.39, 0.29) is 0 Å². The lowest BCUT2D eigenvalue weighted by Crippen LogP contribution is -1.99. The summed E-state index contributed by atoms with van der Waals surface area (Å²) < 4.78 is 0. The number of benzene rings is 1. The summed E-state index contributed by atoms with van der Waals surface area (Å²) in [5.74, 6) is 0.367. The summed E-state index contributed by atoms with van der Waals surface area (Å²) in [4.78, 5) is 10.2. The third kappa shape index (κ3) is 2.58. The first-order valence-corrected chi connectivity index (χ1v) is 4.53. The number of anilines is 1. The minimum absolute atomic E-state index is 0.367. The summed E-state index contributed by atoms with van der Waals surface area (Å²) in [6, 6.07) is 7.81. The quantitative estimate of drug-likeness (QED) is 0.566. The number of nitrogen functional groups attached to an aromatic ring is 1. The van der Waals surface area contributed by atoms with Gasteiger partial charge in [0.15, 0.2) is 0 Å². The highest BCUT2D eigenvalue weighted by molar-refractivity contribution is 5.51. The van der Waals surface area contributed by atoms with Crippen LogP contribution >= 0.6 is 0 Å². The lowest BCUT2D eigenvalue weighted by molar-refractivity contribution is -0.108. The number of carbonyl (C=O) groups is 1. The molecule has 0 saturated carbocycles. The van der Waals surface area contributed by atoms with E-state index < -0.39 is 0 Å². The van der Waals surface area contributed by atoms with Crippen LogP contribution in [-0.2, 0) is 4.79 Å². The van der Waals surface area contributed by atoms with E-state index in [0.717, 1.165) is 24.0 Å². The van der Waals surface area contributed by atoms with Crippen LogP contribution in [0.5, 0.6) is 0 Å². The van der Waals surface area contributed by atoms with Crippen molar-refractivity contribution in [3.8, 4) is 0 Å². The fourth-order valence-corrected chi connectivity index (χ4v) is 1.43. The number of aldehydes is 1. The Hall–Kier alpha value is -1.31. The zero-order valence-corrected chi connectivity index (χ0v) is 7.86. The molecule has 0 bridgehead atoms. The summed E-state index contributed by atoms with van der Waals surface area (Å²) in [5, 5.41) is 0. The van der Waals surface area contributed by atoms with E-state index in [1.165, 1.54) is 0 Å². The van der Waals surface area contributed by atoms with Gasteiger partial charge in [0.25, 0.3) is 0 Å². The number of nitrogens with two attached hydrogens (primary N) is 1. The smallest absolute Gasteiger partial charge is 0.120 e. The average Bonchev–Trinajstić information content (AvgIpc) is 2.15. The molecule has 0 aliphatic carbocycles. The summed E-state index contributed by atoms with van der Waals surface area (Å²) in [6.07, 6.45) is 2.43. The molecule has 0 aliphatic rings. The minimum Gasteiger partial charge on any atom is -0.398 e. The van der Waals surface area contributed by atoms with Crippen molar-refractivity contribution >= 4 is 12.0 Å². The van der Waals surface area contributed by atoms with Crippen molar-refractivity contribution in [2.24, 2.45) is 0 Å². The summed E-state index contributed by atoms with van der Waals surface area (Å²) in [6.45, 7) is 2.09. The number of para-hydroxylation sites is 1. The molecule has 2 nitrogen and oxygen atoms in total. The minimum atomic E-state index is 0.367. The molecule has 1 atom stereocenters. The maximum Gasteiger partial charge on any atom is 0.120 e.